The molecule has 11 heavy (non-hydrogen) atoms. The first-order valence-electron chi connectivity index (χ1n) is 2.83. The lowest BCUT2D eigenvalue weighted by molar-refractivity contribution is 0.114. The number of rotatable bonds is 0. The fraction of sp³-hybridized carbons (Fsp3) is 0.333. The third-order valence-electron chi connectivity index (χ3n) is 1.34. The largest absolute Gasteiger partial charge is 0.313 e. The van der Waals surface area contributed by atoms with Gasteiger partial charge in [0.1, 0.15) is 0 Å². The van der Waals surface area contributed by atoms with Gasteiger partial charge in [-0.25, -0.2) is 13.2 Å². The summed E-state index contributed by atoms with van der Waals surface area (Å²) in [6.07, 6.45) is -2.02. The van der Waals surface area contributed by atoms with Gasteiger partial charge in [-0.2, -0.15) is 4.39 Å². The lowest BCUT2D eigenvalue weighted by Crippen LogP contribution is -2.29. The van der Waals surface area contributed by atoms with E-state index in [0.29, 0.717) is 0 Å². The van der Waals surface area contributed by atoms with E-state index in [9.17, 15) is 17.6 Å². The van der Waals surface area contributed by atoms with Crippen LogP contribution < -0.4 is 0 Å². The molecule has 1 aliphatic rings. The van der Waals surface area contributed by atoms with Gasteiger partial charge in [0.25, 0.3) is 0 Å². The summed E-state index contributed by atoms with van der Waals surface area (Å²) in [7, 11) is 0.923. The van der Waals surface area contributed by atoms with Crippen molar-refractivity contribution >= 4 is 0 Å². The highest BCUT2D eigenvalue weighted by Crippen LogP contribution is 2.27. The number of allylic oxidation sites excluding steroid dienone is 2. The fourth-order valence-electron chi connectivity index (χ4n) is 0.702. The third kappa shape index (κ3) is 1.22. The highest BCUT2D eigenvalue weighted by Gasteiger charge is 2.28. The predicted molar refractivity (Wildman–Crippen MR) is 31.1 cm³/mol. The van der Waals surface area contributed by atoms with Gasteiger partial charge in [-0.05, 0) is 0 Å². The highest BCUT2D eigenvalue weighted by molar-refractivity contribution is 5.24. The minimum absolute atomic E-state index is 0.194. The van der Waals surface area contributed by atoms with E-state index in [4.69, 9.17) is 0 Å². The Balaban J connectivity index is 3.01. The van der Waals surface area contributed by atoms with Crippen molar-refractivity contribution in [1.29, 1.82) is 0 Å². The minimum Gasteiger partial charge on any atom is -0.313 e. The summed E-state index contributed by atoms with van der Waals surface area (Å²) in [5.74, 6) is -4.11. The van der Waals surface area contributed by atoms with Gasteiger partial charge in [-0.3, -0.25) is 0 Å². The SMILES string of the molecule is CN1C(F)=C(F)C=C(F)C1F. The van der Waals surface area contributed by atoms with E-state index in [1.807, 2.05) is 0 Å². The van der Waals surface area contributed by atoms with Gasteiger partial charge in [0.05, 0.1) is 0 Å². The zero-order chi connectivity index (χ0) is 8.59. The van der Waals surface area contributed by atoms with Crippen molar-refractivity contribution in [3.63, 3.8) is 0 Å². The van der Waals surface area contributed by atoms with E-state index in [1.165, 1.54) is 0 Å². The van der Waals surface area contributed by atoms with E-state index in [2.05, 4.69) is 0 Å². The Hall–Kier alpha value is -1.00. The van der Waals surface area contributed by atoms with Crippen LogP contribution in [0.3, 0.4) is 0 Å². The summed E-state index contributed by atoms with van der Waals surface area (Å²) >= 11 is 0. The smallest absolute Gasteiger partial charge is 0.228 e. The molecule has 0 aliphatic carbocycles. The number of alkyl halides is 1. The standard InChI is InChI=1S/C6H5F4N/c1-11-5(9)3(7)2-4(8)6(11)10/h2,5H,1H3. The maximum Gasteiger partial charge on any atom is 0.228 e. The van der Waals surface area contributed by atoms with Gasteiger partial charge in [-0.15, -0.1) is 0 Å². The second kappa shape index (κ2) is 2.56. The molecule has 0 saturated carbocycles. The average molecular weight is 167 g/mol. The second-order valence-electron chi connectivity index (χ2n) is 2.11. The monoisotopic (exact) mass is 167 g/mol. The summed E-state index contributed by atoms with van der Waals surface area (Å²) in [6, 6.07) is 0. The summed E-state index contributed by atoms with van der Waals surface area (Å²) < 4.78 is 49.3. The number of hydrogen-bond donors (Lipinski definition) is 0. The molecule has 62 valence electrons. The lowest BCUT2D eigenvalue weighted by Gasteiger charge is -2.23. The van der Waals surface area contributed by atoms with Crippen LogP contribution in [0, 0.1) is 0 Å². The summed E-state index contributed by atoms with van der Waals surface area (Å²) in [6.45, 7) is 0. The molecule has 1 nitrogen and oxygen atoms in total. The zero-order valence-corrected chi connectivity index (χ0v) is 5.61. The Morgan fingerprint density at radius 3 is 2.45 bits per heavy atom. The summed E-state index contributed by atoms with van der Waals surface area (Å²) in [5.41, 5.74) is 0. The normalized spacial score (nSPS) is 25.7. The van der Waals surface area contributed by atoms with E-state index in [1.54, 1.807) is 0 Å². The number of halogens is 4. The number of nitrogens with zero attached hydrogens (tertiary/aromatic N) is 1. The molecule has 1 heterocycles. The topological polar surface area (TPSA) is 3.24 Å². The number of likely N-dealkylation sites (N-methyl/N-ethyl adjacent to an activating group) is 1. The first kappa shape index (κ1) is 8.10. The molecule has 1 rings (SSSR count). The van der Waals surface area contributed by atoms with Crippen LogP contribution in [0.4, 0.5) is 17.6 Å². The molecule has 0 aromatic rings. The quantitative estimate of drug-likeness (QED) is 0.395. The number of hydrogen-bond acceptors (Lipinski definition) is 1. The maximum atomic E-state index is 12.4. The van der Waals surface area contributed by atoms with Gasteiger partial charge >= 0.3 is 0 Å². The Kier molecular flexibility index (Phi) is 1.89. The van der Waals surface area contributed by atoms with Crippen molar-refractivity contribution < 1.29 is 17.6 Å². The molecule has 0 N–H and O–H groups in total. The molecule has 0 aromatic carbocycles. The molecule has 0 fully saturated rings. The Bertz CT molecular complexity index is 233. The summed E-state index contributed by atoms with van der Waals surface area (Å²) in [5, 5.41) is 0. The van der Waals surface area contributed by atoms with E-state index >= 15 is 0 Å². The van der Waals surface area contributed by atoms with Crippen molar-refractivity contribution in [2.75, 3.05) is 7.05 Å². The maximum absolute atomic E-state index is 12.4. The third-order valence-corrected chi connectivity index (χ3v) is 1.34. The van der Waals surface area contributed by atoms with Crippen molar-refractivity contribution in [1.82, 2.24) is 4.90 Å². The van der Waals surface area contributed by atoms with E-state index in [-0.39, 0.29) is 11.0 Å². The van der Waals surface area contributed by atoms with Gasteiger partial charge in [-0.1, -0.05) is 0 Å². The predicted octanol–water partition coefficient (Wildman–Crippen LogP) is 2.19. The van der Waals surface area contributed by atoms with Crippen molar-refractivity contribution in [2.45, 2.75) is 6.30 Å². The first-order chi connectivity index (χ1) is 5.04. The lowest BCUT2D eigenvalue weighted by atomic mass is 10.3. The Labute approximate surface area is 60.6 Å². The van der Waals surface area contributed by atoms with Crippen molar-refractivity contribution in [2.24, 2.45) is 0 Å². The molecule has 5 heteroatoms. The molecule has 1 atom stereocenters. The van der Waals surface area contributed by atoms with Gasteiger partial charge < -0.3 is 4.90 Å². The van der Waals surface area contributed by atoms with Gasteiger partial charge in [0.15, 0.2) is 11.7 Å². The molecule has 0 radical (unpaired) electrons. The molecule has 1 aliphatic heterocycles. The van der Waals surface area contributed by atoms with E-state index < -0.39 is 23.9 Å². The van der Waals surface area contributed by atoms with Crippen molar-refractivity contribution in [3.8, 4) is 0 Å². The van der Waals surface area contributed by atoms with Gasteiger partial charge in [0.2, 0.25) is 12.2 Å². The zero-order valence-electron chi connectivity index (χ0n) is 5.61. The molecule has 0 saturated heterocycles. The van der Waals surface area contributed by atoms with Gasteiger partial charge in [0, 0.05) is 13.1 Å². The van der Waals surface area contributed by atoms with Crippen LogP contribution in [0.2, 0.25) is 0 Å². The van der Waals surface area contributed by atoms with Crippen LogP contribution in [0.5, 0.6) is 0 Å². The van der Waals surface area contributed by atoms with Crippen molar-refractivity contribution in [3.05, 3.63) is 23.7 Å². The van der Waals surface area contributed by atoms with Crippen LogP contribution in [0.15, 0.2) is 23.7 Å². The van der Waals surface area contributed by atoms with Crippen LogP contribution in [0.25, 0.3) is 0 Å². The molecule has 0 amide bonds. The summed E-state index contributed by atoms with van der Waals surface area (Å²) in [4.78, 5) is 0.241. The highest BCUT2D eigenvalue weighted by atomic mass is 19.2. The minimum atomic E-state index is -2.21. The van der Waals surface area contributed by atoms with Crippen LogP contribution in [-0.2, 0) is 0 Å². The average Bonchev–Trinajstić information content (AvgIpc) is 1.97. The van der Waals surface area contributed by atoms with Crippen LogP contribution in [0.1, 0.15) is 0 Å². The molecule has 0 bridgehead atoms. The Morgan fingerprint density at radius 2 is 1.91 bits per heavy atom. The Morgan fingerprint density at radius 1 is 1.36 bits per heavy atom. The first-order valence-corrected chi connectivity index (χ1v) is 2.83. The molecule has 1 unspecified atom stereocenters. The molecular formula is C6H5F4N. The molecule has 0 aromatic heterocycles. The molecule has 0 spiro atoms. The van der Waals surface area contributed by atoms with E-state index in [0.717, 1.165) is 7.05 Å². The second-order valence-corrected chi connectivity index (χ2v) is 2.11. The fourth-order valence-corrected chi connectivity index (χ4v) is 0.702. The van der Waals surface area contributed by atoms with Crippen LogP contribution >= 0.6 is 0 Å². The van der Waals surface area contributed by atoms with Crippen LogP contribution in [-0.4, -0.2) is 18.2 Å². The molecular weight excluding hydrogens is 162 g/mol.